The number of nitrogens with zero attached hydrogens (tertiary/aromatic N) is 3. The first-order valence-electron chi connectivity index (χ1n) is 8.36. The number of hydrogen-bond acceptors (Lipinski definition) is 6. The molecule has 28 heavy (non-hydrogen) atoms. The van der Waals surface area contributed by atoms with E-state index in [1.165, 1.54) is 23.5 Å². The Morgan fingerprint density at radius 2 is 1.96 bits per heavy atom. The molecule has 0 aliphatic rings. The average Bonchev–Trinajstić information content (AvgIpc) is 3.21. The Morgan fingerprint density at radius 3 is 2.68 bits per heavy atom. The van der Waals surface area contributed by atoms with Crippen molar-refractivity contribution in [2.45, 2.75) is 11.3 Å². The van der Waals surface area contributed by atoms with Crippen LogP contribution in [0.3, 0.4) is 0 Å². The monoisotopic (exact) mass is 433 g/mol. The summed E-state index contributed by atoms with van der Waals surface area (Å²) in [6, 6.07) is 14.1. The Labute approximate surface area is 170 Å². The van der Waals surface area contributed by atoms with E-state index in [-0.39, 0.29) is 4.90 Å². The molecule has 2 aromatic carbocycles. The van der Waals surface area contributed by atoms with Crippen LogP contribution in [0.2, 0.25) is 5.02 Å². The standard InChI is InChI=1S/C18H16ClN5O2S2/c19-14-3-1-2-13(10-14)16-11-22-18-24(16)23-17(27-18)21-9-8-12-4-6-15(7-5-12)28(20,25)26/h1-7,10-11H,8-9H2,(H,21,23)(H2,20,25,26). The van der Waals surface area contributed by atoms with Gasteiger partial charge in [0.25, 0.3) is 0 Å². The molecule has 0 atom stereocenters. The molecule has 0 unspecified atom stereocenters. The van der Waals surface area contributed by atoms with Crippen LogP contribution in [0.15, 0.2) is 59.6 Å². The van der Waals surface area contributed by atoms with Gasteiger partial charge in [-0.2, -0.15) is 0 Å². The molecule has 7 nitrogen and oxygen atoms in total. The molecule has 0 radical (unpaired) electrons. The van der Waals surface area contributed by atoms with Crippen molar-refractivity contribution in [2.24, 2.45) is 5.14 Å². The second-order valence-corrected chi connectivity index (χ2v) is 9.07. The Morgan fingerprint density at radius 1 is 1.18 bits per heavy atom. The molecule has 0 saturated carbocycles. The van der Waals surface area contributed by atoms with Gasteiger partial charge in [0.1, 0.15) is 0 Å². The van der Waals surface area contributed by atoms with Crippen LogP contribution in [0.5, 0.6) is 0 Å². The third kappa shape index (κ3) is 4.02. The van der Waals surface area contributed by atoms with Gasteiger partial charge >= 0.3 is 0 Å². The summed E-state index contributed by atoms with van der Waals surface area (Å²) in [5.41, 5.74) is 2.83. The largest absolute Gasteiger partial charge is 0.360 e. The maximum atomic E-state index is 11.3. The Bertz CT molecular complexity index is 1230. The van der Waals surface area contributed by atoms with E-state index in [1.54, 1.807) is 22.8 Å². The van der Waals surface area contributed by atoms with E-state index in [4.69, 9.17) is 16.7 Å². The number of halogens is 1. The Hall–Kier alpha value is -2.46. The summed E-state index contributed by atoms with van der Waals surface area (Å²) in [5.74, 6) is 0. The fourth-order valence-electron chi connectivity index (χ4n) is 2.77. The van der Waals surface area contributed by atoms with Crippen LogP contribution in [-0.2, 0) is 16.4 Å². The van der Waals surface area contributed by atoms with Gasteiger partial charge in [0.05, 0.1) is 16.8 Å². The fraction of sp³-hybridized carbons (Fsp3) is 0.111. The number of nitrogens with two attached hydrogens (primary N) is 1. The molecule has 0 saturated heterocycles. The first kappa shape index (κ1) is 18.9. The molecule has 10 heteroatoms. The van der Waals surface area contributed by atoms with Gasteiger partial charge < -0.3 is 5.32 Å². The third-order valence-corrected chi connectivity index (χ3v) is 6.19. The first-order valence-corrected chi connectivity index (χ1v) is 11.1. The summed E-state index contributed by atoms with van der Waals surface area (Å²) in [5, 5.41) is 14.4. The van der Waals surface area contributed by atoms with Gasteiger partial charge in [0, 0.05) is 17.1 Å². The quantitative estimate of drug-likeness (QED) is 0.485. The third-order valence-electron chi connectivity index (χ3n) is 4.15. The highest BCUT2D eigenvalue weighted by Crippen LogP contribution is 2.27. The molecule has 0 amide bonds. The Balaban J connectivity index is 1.44. The molecule has 2 heterocycles. The SMILES string of the molecule is NS(=O)(=O)c1ccc(CCNc2nn3c(-c4cccc(Cl)c4)cnc3s2)cc1. The van der Waals surface area contributed by atoms with E-state index >= 15 is 0 Å². The van der Waals surface area contributed by atoms with E-state index in [0.717, 1.165) is 26.9 Å². The molecule has 144 valence electrons. The van der Waals surface area contributed by atoms with Crippen LogP contribution in [0.25, 0.3) is 16.2 Å². The van der Waals surface area contributed by atoms with Crippen molar-refractivity contribution in [1.82, 2.24) is 14.6 Å². The van der Waals surface area contributed by atoms with Gasteiger partial charge in [-0.3, -0.25) is 0 Å². The van der Waals surface area contributed by atoms with Crippen LogP contribution in [0, 0.1) is 0 Å². The zero-order chi connectivity index (χ0) is 19.7. The smallest absolute Gasteiger partial charge is 0.238 e. The van der Waals surface area contributed by atoms with Crippen LogP contribution in [0.4, 0.5) is 5.13 Å². The maximum absolute atomic E-state index is 11.3. The summed E-state index contributed by atoms with van der Waals surface area (Å²) in [6.45, 7) is 0.651. The molecule has 2 aromatic heterocycles. The maximum Gasteiger partial charge on any atom is 0.238 e. The zero-order valence-corrected chi connectivity index (χ0v) is 16.9. The molecule has 4 aromatic rings. The zero-order valence-electron chi connectivity index (χ0n) is 14.5. The number of aromatic nitrogens is 3. The summed E-state index contributed by atoms with van der Waals surface area (Å²) < 4.78 is 24.4. The average molecular weight is 434 g/mol. The minimum atomic E-state index is -3.66. The number of imidazole rings is 1. The van der Waals surface area contributed by atoms with Gasteiger partial charge in [0.15, 0.2) is 0 Å². The number of hydrogen-bond donors (Lipinski definition) is 2. The highest BCUT2D eigenvalue weighted by atomic mass is 35.5. The second kappa shape index (κ2) is 7.51. The number of rotatable bonds is 6. The molecular formula is C18H16ClN5O2S2. The summed E-state index contributed by atoms with van der Waals surface area (Å²) in [7, 11) is -3.66. The van der Waals surface area contributed by atoms with Crippen molar-refractivity contribution in [3.63, 3.8) is 0 Å². The van der Waals surface area contributed by atoms with E-state index in [0.29, 0.717) is 18.0 Å². The number of fused-ring (bicyclic) bond motifs is 1. The topological polar surface area (TPSA) is 102 Å². The number of anilines is 1. The molecule has 0 fully saturated rings. The molecule has 0 aliphatic heterocycles. The van der Waals surface area contributed by atoms with Gasteiger partial charge in [-0.05, 0) is 36.2 Å². The lowest BCUT2D eigenvalue weighted by Gasteiger charge is -2.04. The lowest BCUT2D eigenvalue weighted by Crippen LogP contribution is -2.12. The van der Waals surface area contributed by atoms with Crippen molar-refractivity contribution < 1.29 is 8.42 Å². The van der Waals surface area contributed by atoms with E-state index in [1.807, 2.05) is 24.3 Å². The molecule has 3 N–H and O–H groups in total. The van der Waals surface area contributed by atoms with Crippen LogP contribution in [0.1, 0.15) is 5.56 Å². The second-order valence-electron chi connectivity index (χ2n) is 6.12. The molecule has 0 aliphatic carbocycles. The summed E-state index contributed by atoms with van der Waals surface area (Å²) >= 11 is 7.54. The van der Waals surface area contributed by atoms with E-state index in [9.17, 15) is 8.42 Å². The van der Waals surface area contributed by atoms with Crippen molar-refractivity contribution in [2.75, 3.05) is 11.9 Å². The lowest BCUT2D eigenvalue weighted by molar-refractivity contribution is 0.598. The summed E-state index contributed by atoms with van der Waals surface area (Å²) in [6.07, 6.45) is 2.50. The molecule has 0 bridgehead atoms. The van der Waals surface area contributed by atoms with E-state index in [2.05, 4.69) is 15.4 Å². The van der Waals surface area contributed by atoms with E-state index < -0.39 is 10.0 Å². The van der Waals surface area contributed by atoms with Gasteiger partial charge in [-0.25, -0.2) is 23.1 Å². The number of sulfonamides is 1. The first-order chi connectivity index (χ1) is 13.4. The van der Waals surface area contributed by atoms with Crippen LogP contribution < -0.4 is 10.5 Å². The lowest BCUT2D eigenvalue weighted by atomic mass is 10.1. The van der Waals surface area contributed by atoms with Crippen LogP contribution >= 0.6 is 22.9 Å². The highest BCUT2D eigenvalue weighted by Gasteiger charge is 2.12. The minimum Gasteiger partial charge on any atom is -0.360 e. The van der Waals surface area contributed by atoms with Crippen molar-refractivity contribution in [1.29, 1.82) is 0 Å². The van der Waals surface area contributed by atoms with Gasteiger partial charge in [-0.1, -0.05) is 47.2 Å². The number of benzene rings is 2. The fourth-order valence-corrected chi connectivity index (χ4v) is 4.27. The normalized spacial score (nSPS) is 11.8. The van der Waals surface area contributed by atoms with Crippen molar-refractivity contribution >= 4 is 43.1 Å². The minimum absolute atomic E-state index is 0.110. The Kier molecular flexibility index (Phi) is 5.07. The van der Waals surface area contributed by atoms with Crippen LogP contribution in [-0.4, -0.2) is 29.6 Å². The van der Waals surface area contributed by atoms with Crippen molar-refractivity contribution in [3.05, 3.63) is 65.3 Å². The van der Waals surface area contributed by atoms with Gasteiger partial charge in [-0.15, -0.1) is 5.10 Å². The number of nitrogens with one attached hydrogen (secondary N) is 1. The number of primary sulfonamides is 1. The van der Waals surface area contributed by atoms with Gasteiger partial charge in [0.2, 0.25) is 20.1 Å². The molecular weight excluding hydrogens is 418 g/mol. The highest BCUT2D eigenvalue weighted by molar-refractivity contribution is 7.89. The summed E-state index contributed by atoms with van der Waals surface area (Å²) in [4.78, 5) is 5.31. The molecule has 0 spiro atoms. The molecule has 4 rings (SSSR count). The van der Waals surface area contributed by atoms with Crippen molar-refractivity contribution in [3.8, 4) is 11.3 Å². The predicted octanol–water partition coefficient (Wildman–Crippen LogP) is 3.41. The predicted molar refractivity (Wildman–Crippen MR) is 111 cm³/mol.